The topological polar surface area (TPSA) is 0 Å². The van der Waals surface area contributed by atoms with E-state index in [0.717, 1.165) is 0 Å². The molecule has 0 aliphatic heterocycles. The lowest BCUT2D eigenvalue weighted by Gasteiger charge is -2.17. The minimum atomic E-state index is 0.389. The van der Waals surface area contributed by atoms with Gasteiger partial charge in [-0.05, 0) is 43.6 Å². The zero-order chi connectivity index (χ0) is 16.2. The van der Waals surface area contributed by atoms with E-state index in [9.17, 15) is 0 Å². The second kappa shape index (κ2) is 23.2. The van der Waals surface area contributed by atoms with E-state index in [1.807, 2.05) is 5.83 Å². The van der Waals surface area contributed by atoms with Crippen LogP contribution in [0.3, 0.4) is 0 Å². The van der Waals surface area contributed by atoms with Gasteiger partial charge in [0.2, 0.25) is 0 Å². The molecule has 0 spiro atoms. The lowest BCUT2D eigenvalue weighted by molar-refractivity contribution is 0.687. The van der Waals surface area contributed by atoms with Gasteiger partial charge < -0.3 is 0 Å². The summed E-state index contributed by atoms with van der Waals surface area (Å²) in [6.07, 6.45) is 22.2. The molecule has 0 aliphatic rings. The molecular formula is C19H42BrP. The van der Waals surface area contributed by atoms with Crippen molar-refractivity contribution in [2.45, 2.75) is 97.8 Å². The molecule has 0 fully saturated rings. The smallest absolute Gasteiger partial charge is 0.00848 e. The highest BCUT2D eigenvalue weighted by Gasteiger charge is 2.07. The third-order valence-corrected chi connectivity index (χ3v) is 6.83. The molecule has 0 aromatic heterocycles. The Morgan fingerprint density at radius 1 is 0.476 bits per heavy atom. The third kappa shape index (κ3) is 20.9. The number of unbranched alkanes of at least 4 members (excludes halogenated alkanes) is 9. The SMILES string of the molecule is CBr.CCCCCCP(CCCCCC)CCCCCC. The summed E-state index contributed by atoms with van der Waals surface area (Å²) in [4.78, 5) is 0. The molecule has 0 aliphatic carbocycles. The Morgan fingerprint density at radius 2 is 0.762 bits per heavy atom. The van der Waals surface area contributed by atoms with Crippen LogP contribution in [0.5, 0.6) is 0 Å². The maximum absolute atomic E-state index is 2.94. The Morgan fingerprint density at radius 3 is 1.00 bits per heavy atom. The Hall–Kier alpha value is 0.910. The van der Waals surface area contributed by atoms with Gasteiger partial charge >= 0.3 is 0 Å². The van der Waals surface area contributed by atoms with Crippen LogP contribution in [0.25, 0.3) is 0 Å². The molecule has 0 saturated heterocycles. The number of hydrogen-bond donors (Lipinski definition) is 0. The van der Waals surface area contributed by atoms with E-state index >= 15 is 0 Å². The van der Waals surface area contributed by atoms with Gasteiger partial charge in [-0.1, -0.05) is 94.5 Å². The van der Waals surface area contributed by atoms with Gasteiger partial charge in [-0.15, -0.1) is 7.92 Å². The van der Waals surface area contributed by atoms with E-state index in [2.05, 4.69) is 36.7 Å². The summed E-state index contributed by atoms with van der Waals surface area (Å²) in [7, 11) is 0.389. The highest BCUT2D eigenvalue weighted by Crippen LogP contribution is 2.39. The maximum atomic E-state index is 2.94. The molecule has 0 nitrogen and oxygen atoms in total. The Labute approximate surface area is 146 Å². The standard InChI is InChI=1S/C18H39P.CH3Br/c1-4-7-10-13-16-19(17-14-11-8-5-2)18-15-12-9-6-3;1-2/h4-18H2,1-3H3;1H3. The number of hydrogen-bond acceptors (Lipinski definition) is 0. The quantitative estimate of drug-likeness (QED) is 0.152. The van der Waals surface area contributed by atoms with Crippen LogP contribution in [0.15, 0.2) is 0 Å². The molecule has 0 aromatic rings. The van der Waals surface area contributed by atoms with Crippen LogP contribution in [0.2, 0.25) is 0 Å². The predicted octanol–water partition coefficient (Wildman–Crippen LogP) is 8.22. The molecule has 0 atom stereocenters. The average Bonchev–Trinajstić information content (AvgIpc) is 2.53. The first-order chi connectivity index (χ1) is 10.3. The molecule has 21 heavy (non-hydrogen) atoms. The Kier molecular flexibility index (Phi) is 26.7. The van der Waals surface area contributed by atoms with Crippen molar-refractivity contribution in [3.8, 4) is 0 Å². The van der Waals surface area contributed by atoms with Crippen molar-refractivity contribution in [1.82, 2.24) is 0 Å². The molecule has 0 bridgehead atoms. The second-order valence-corrected chi connectivity index (χ2v) is 8.71. The summed E-state index contributed by atoms with van der Waals surface area (Å²) in [6, 6.07) is 0. The van der Waals surface area contributed by atoms with Crippen molar-refractivity contribution < 1.29 is 0 Å². The van der Waals surface area contributed by atoms with Crippen LogP contribution < -0.4 is 0 Å². The molecule has 0 saturated carbocycles. The number of halogens is 1. The Bertz CT molecular complexity index is 133. The molecule has 0 rings (SSSR count). The van der Waals surface area contributed by atoms with Crippen molar-refractivity contribution >= 4 is 23.9 Å². The first-order valence-corrected chi connectivity index (χ1v) is 12.9. The van der Waals surface area contributed by atoms with Gasteiger partial charge in [-0.25, -0.2) is 0 Å². The zero-order valence-corrected chi connectivity index (χ0v) is 17.9. The lowest BCUT2D eigenvalue weighted by atomic mass is 10.2. The van der Waals surface area contributed by atoms with Gasteiger partial charge in [-0.2, -0.15) is 0 Å². The maximum Gasteiger partial charge on any atom is -0.00848 e. The van der Waals surface area contributed by atoms with Crippen LogP contribution >= 0.6 is 23.9 Å². The van der Waals surface area contributed by atoms with E-state index < -0.39 is 0 Å². The predicted molar refractivity (Wildman–Crippen MR) is 109 cm³/mol. The summed E-state index contributed by atoms with van der Waals surface area (Å²) in [5.74, 6) is 1.81. The molecule has 0 amide bonds. The van der Waals surface area contributed by atoms with Crippen LogP contribution in [-0.4, -0.2) is 24.3 Å². The molecule has 0 radical (unpaired) electrons. The minimum absolute atomic E-state index is 0.389. The van der Waals surface area contributed by atoms with E-state index in [-0.39, 0.29) is 0 Å². The average molecular weight is 381 g/mol. The van der Waals surface area contributed by atoms with Crippen molar-refractivity contribution in [2.75, 3.05) is 24.3 Å². The summed E-state index contributed by atoms with van der Waals surface area (Å²) >= 11 is 2.94. The van der Waals surface area contributed by atoms with Gasteiger partial charge in [-0.3, -0.25) is 0 Å². The van der Waals surface area contributed by atoms with Crippen molar-refractivity contribution in [1.29, 1.82) is 0 Å². The molecule has 0 aromatic carbocycles. The zero-order valence-electron chi connectivity index (χ0n) is 15.4. The van der Waals surface area contributed by atoms with Crippen LogP contribution in [0.4, 0.5) is 0 Å². The highest BCUT2D eigenvalue weighted by atomic mass is 79.9. The second-order valence-electron chi connectivity index (χ2n) is 6.02. The molecular weight excluding hydrogens is 339 g/mol. The summed E-state index contributed by atoms with van der Waals surface area (Å²) < 4.78 is 0. The van der Waals surface area contributed by atoms with Crippen molar-refractivity contribution in [3.63, 3.8) is 0 Å². The fraction of sp³-hybridized carbons (Fsp3) is 1.00. The molecule has 0 heterocycles. The molecule has 0 unspecified atom stereocenters. The number of alkyl halides is 1. The van der Waals surface area contributed by atoms with Gasteiger partial charge in [0, 0.05) is 0 Å². The van der Waals surface area contributed by atoms with E-state index in [4.69, 9.17) is 0 Å². The summed E-state index contributed by atoms with van der Waals surface area (Å²) in [6.45, 7) is 6.95. The first kappa shape index (κ1) is 24.2. The summed E-state index contributed by atoms with van der Waals surface area (Å²) in [5.41, 5.74) is 0. The monoisotopic (exact) mass is 380 g/mol. The van der Waals surface area contributed by atoms with Crippen LogP contribution in [0, 0.1) is 0 Å². The third-order valence-electron chi connectivity index (χ3n) is 3.98. The molecule has 2 heteroatoms. The normalized spacial score (nSPS) is 10.6. The van der Waals surface area contributed by atoms with Gasteiger partial charge in [0.25, 0.3) is 0 Å². The van der Waals surface area contributed by atoms with Crippen LogP contribution in [0.1, 0.15) is 97.8 Å². The van der Waals surface area contributed by atoms with Gasteiger partial charge in [0.15, 0.2) is 0 Å². The Balaban J connectivity index is 0. The van der Waals surface area contributed by atoms with E-state index in [1.165, 1.54) is 77.0 Å². The molecule has 0 N–H and O–H groups in total. The summed E-state index contributed by atoms with van der Waals surface area (Å²) in [5, 5.41) is 0. The highest BCUT2D eigenvalue weighted by molar-refractivity contribution is 9.08. The fourth-order valence-corrected chi connectivity index (χ4v) is 5.31. The van der Waals surface area contributed by atoms with Crippen LogP contribution in [-0.2, 0) is 0 Å². The fourth-order valence-electron chi connectivity index (χ4n) is 2.62. The van der Waals surface area contributed by atoms with E-state index in [0.29, 0.717) is 7.92 Å². The molecule has 130 valence electrons. The lowest BCUT2D eigenvalue weighted by Crippen LogP contribution is -1.97. The van der Waals surface area contributed by atoms with E-state index in [1.54, 1.807) is 18.5 Å². The largest absolute Gasteiger partial charge is 0.107 e. The minimum Gasteiger partial charge on any atom is -0.107 e. The van der Waals surface area contributed by atoms with Crippen molar-refractivity contribution in [3.05, 3.63) is 0 Å². The van der Waals surface area contributed by atoms with Gasteiger partial charge in [0.05, 0.1) is 0 Å². The van der Waals surface area contributed by atoms with Gasteiger partial charge in [0.1, 0.15) is 0 Å². The first-order valence-electron chi connectivity index (χ1n) is 9.45. The van der Waals surface area contributed by atoms with Crippen molar-refractivity contribution in [2.24, 2.45) is 0 Å². The number of rotatable bonds is 15.